The number of benzene rings is 1. The van der Waals surface area contributed by atoms with E-state index in [9.17, 15) is 27.4 Å². The Balaban J connectivity index is 2.24. The number of aromatic nitrogens is 1. The van der Waals surface area contributed by atoms with Gasteiger partial charge in [-0.15, -0.1) is 0 Å². The van der Waals surface area contributed by atoms with E-state index in [1.165, 1.54) is 6.07 Å². The third kappa shape index (κ3) is 3.39. The minimum Gasteiger partial charge on any atom is -0.298 e. The van der Waals surface area contributed by atoms with Crippen molar-refractivity contribution in [3.63, 3.8) is 0 Å². The molecule has 1 aromatic carbocycles. The van der Waals surface area contributed by atoms with Crippen molar-refractivity contribution in [1.29, 1.82) is 0 Å². The fourth-order valence-electron chi connectivity index (χ4n) is 2.56. The molecule has 1 fully saturated rings. The molecule has 1 aliphatic rings. The van der Waals surface area contributed by atoms with Gasteiger partial charge in [-0.1, -0.05) is 17.8 Å². The number of hydrogen-bond acceptors (Lipinski definition) is 7. The molecule has 1 aliphatic heterocycles. The lowest BCUT2D eigenvalue weighted by atomic mass is 10.1. The summed E-state index contributed by atoms with van der Waals surface area (Å²) in [5.41, 5.74) is -0.602. The fourth-order valence-corrected chi connectivity index (χ4v) is 4.12. The molecule has 1 aromatic heterocycles. The molecule has 8 nitrogen and oxygen atoms in total. The molecule has 0 saturated carbocycles. The normalized spacial score (nSPS) is 14.7. The van der Waals surface area contributed by atoms with Crippen molar-refractivity contribution >= 4 is 45.7 Å². The Morgan fingerprint density at radius 2 is 1.81 bits per heavy atom. The zero-order valence-electron chi connectivity index (χ0n) is 13.2. The highest BCUT2D eigenvalue weighted by atomic mass is 32.2. The number of hydrogen-bond donors (Lipinski definition) is 1. The molecule has 0 unspecified atom stereocenters. The van der Waals surface area contributed by atoms with Gasteiger partial charge in [-0.2, -0.15) is 8.42 Å². The summed E-state index contributed by atoms with van der Waals surface area (Å²) >= 11 is 1.07. The van der Waals surface area contributed by atoms with Crippen molar-refractivity contribution in [1.82, 2.24) is 4.98 Å². The maximum absolute atomic E-state index is 12.1. The van der Waals surface area contributed by atoms with E-state index in [2.05, 4.69) is 4.98 Å². The van der Waals surface area contributed by atoms with E-state index in [1.807, 2.05) is 0 Å². The SMILES string of the molecule is O=Cc1c(Sc2ccccn2)ccc(S(=O)(=O)O)c1N1C(=O)CCC1=O. The zero-order valence-corrected chi connectivity index (χ0v) is 14.8. The fraction of sp³-hybridized carbons (Fsp3) is 0.125. The Hall–Kier alpha value is -2.56. The van der Waals surface area contributed by atoms with Crippen LogP contribution in [0.25, 0.3) is 0 Å². The summed E-state index contributed by atoms with van der Waals surface area (Å²) in [4.78, 5) is 40.3. The van der Waals surface area contributed by atoms with Crippen LogP contribution in [0.15, 0.2) is 51.3 Å². The minimum atomic E-state index is -4.77. The van der Waals surface area contributed by atoms with Gasteiger partial charge in [0.25, 0.3) is 10.1 Å². The van der Waals surface area contributed by atoms with Gasteiger partial charge in [0, 0.05) is 23.9 Å². The van der Waals surface area contributed by atoms with Gasteiger partial charge in [-0.05, 0) is 24.3 Å². The predicted octanol–water partition coefficient (Wildman–Crippen LogP) is 1.95. The number of amides is 2. The second kappa shape index (κ2) is 6.98. The first-order valence-electron chi connectivity index (χ1n) is 7.37. The standard InChI is InChI=1S/C16H12N2O6S2/c19-9-10-11(25-13-3-1-2-8-17-13)4-5-12(26(22,23)24)16(10)18-14(20)6-7-15(18)21/h1-5,8-9H,6-7H2,(H,22,23,24). The molecule has 26 heavy (non-hydrogen) atoms. The highest BCUT2D eigenvalue weighted by Gasteiger charge is 2.36. The summed E-state index contributed by atoms with van der Waals surface area (Å²) in [5, 5.41) is 0.528. The van der Waals surface area contributed by atoms with Crippen molar-refractivity contribution in [2.24, 2.45) is 0 Å². The highest BCUT2D eigenvalue weighted by Crippen LogP contribution is 2.39. The first-order chi connectivity index (χ1) is 12.3. The zero-order chi connectivity index (χ0) is 18.9. The second-order valence-electron chi connectivity index (χ2n) is 5.31. The number of nitrogens with zero attached hydrogens (tertiary/aromatic N) is 2. The second-order valence-corrected chi connectivity index (χ2v) is 7.76. The smallest absolute Gasteiger partial charge is 0.296 e. The molecule has 0 radical (unpaired) electrons. The number of carbonyl (C=O) groups is 3. The lowest BCUT2D eigenvalue weighted by Crippen LogP contribution is -2.31. The van der Waals surface area contributed by atoms with Crippen molar-refractivity contribution in [2.45, 2.75) is 27.7 Å². The summed E-state index contributed by atoms with van der Waals surface area (Å²) in [6.07, 6.45) is 1.71. The van der Waals surface area contributed by atoms with E-state index in [0.29, 0.717) is 21.1 Å². The van der Waals surface area contributed by atoms with Gasteiger partial charge in [0.15, 0.2) is 6.29 Å². The average Bonchev–Trinajstić information content (AvgIpc) is 2.92. The molecular formula is C16H12N2O6S2. The molecule has 0 bridgehead atoms. The van der Waals surface area contributed by atoms with Crippen LogP contribution < -0.4 is 4.90 Å². The number of rotatable bonds is 5. The number of imide groups is 1. The largest absolute Gasteiger partial charge is 0.298 e. The van der Waals surface area contributed by atoms with Crippen LogP contribution in [0, 0.1) is 0 Å². The van der Waals surface area contributed by atoms with Gasteiger partial charge in [-0.25, -0.2) is 9.88 Å². The third-order valence-corrected chi connectivity index (χ3v) is 5.58. The van der Waals surface area contributed by atoms with E-state index < -0.39 is 32.5 Å². The summed E-state index contributed by atoms with van der Waals surface area (Å²) in [5.74, 6) is -1.27. The molecule has 2 aromatic rings. The molecule has 0 atom stereocenters. The Kier molecular flexibility index (Phi) is 4.90. The average molecular weight is 392 g/mol. The molecule has 2 amide bonds. The molecule has 2 heterocycles. The monoisotopic (exact) mass is 392 g/mol. The van der Waals surface area contributed by atoms with E-state index in [1.54, 1.807) is 24.4 Å². The molecular weight excluding hydrogens is 380 g/mol. The predicted molar refractivity (Wildman–Crippen MR) is 91.7 cm³/mol. The van der Waals surface area contributed by atoms with Crippen molar-refractivity contribution in [3.05, 3.63) is 42.1 Å². The molecule has 0 spiro atoms. The van der Waals surface area contributed by atoms with Crippen LogP contribution in [0.5, 0.6) is 0 Å². The van der Waals surface area contributed by atoms with Crippen LogP contribution >= 0.6 is 11.8 Å². The van der Waals surface area contributed by atoms with E-state index in [-0.39, 0.29) is 18.4 Å². The first-order valence-corrected chi connectivity index (χ1v) is 9.63. The van der Waals surface area contributed by atoms with Crippen molar-refractivity contribution < 1.29 is 27.4 Å². The number of carbonyl (C=O) groups excluding carboxylic acids is 3. The van der Waals surface area contributed by atoms with Crippen LogP contribution in [-0.2, 0) is 19.7 Å². The molecule has 134 valence electrons. The number of aldehydes is 1. The highest BCUT2D eigenvalue weighted by molar-refractivity contribution is 7.99. The molecule has 3 rings (SSSR count). The van der Waals surface area contributed by atoms with Crippen LogP contribution in [-0.4, -0.2) is 36.1 Å². The molecule has 0 aliphatic carbocycles. The Bertz CT molecular complexity index is 989. The van der Waals surface area contributed by atoms with E-state index in [0.717, 1.165) is 17.8 Å². The van der Waals surface area contributed by atoms with Gasteiger partial charge in [0.2, 0.25) is 11.8 Å². The van der Waals surface area contributed by atoms with Gasteiger partial charge < -0.3 is 0 Å². The lowest BCUT2D eigenvalue weighted by Gasteiger charge is -2.20. The minimum absolute atomic E-state index is 0.0976. The Morgan fingerprint density at radius 1 is 1.12 bits per heavy atom. The summed E-state index contributed by atoms with van der Waals surface area (Å²) in [6, 6.07) is 7.50. The van der Waals surface area contributed by atoms with Crippen LogP contribution in [0.2, 0.25) is 0 Å². The lowest BCUT2D eigenvalue weighted by molar-refractivity contribution is -0.121. The Labute approximate surface area is 153 Å². The maximum Gasteiger partial charge on any atom is 0.296 e. The summed E-state index contributed by atoms with van der Waals surface area (Å²) in [6.45, 7) is 0. The molecule has 1 N–H and O–H groups in total. The number of anilines is 1. The third-order valence-electron chi connectivity index (χ3n) is 3.66. The maximum atomic E-state index is 12.1. The first kappa shape index (κ1) is 18.2. The van der Waals surface area contributed by atoms with Crippen LogP contribution in [0.3, 0.4) is 0 Å². The van der Waals surface area contributed by atoms with Crippen molar-refractivity contribution in [2.75, 3.05) is 4.90 Å². The summed E-state index contributed by atoms with van der Waals surface area (Å²) in [7, 11) is -4.77. The molecule has 1 saturated heterocycles. The quantitative estimate of drug-likeness (QED) is 0.465. The number of pyridine rings is 1. The molecule has 10 heteroatoms. The van der Waals surface area contributed by atoms with E-state index in [4.69, 9.17) is 0 Å². The topological polar surface area (TPSA) is 122 Å². The van der Waals surface area contributed by atoms with Gasteiger partial charge in [-0.3, -0.25) is 18.9 Å². The Morgan fingerprint density at radius 3 is 2.35 bits per heavy atom. The van der Waals surface area contributed by atoms with Gasteiger partial charge >= 0.3 is 0 Å². The van der Waals surface area contributed by atoms with Crippen molar-refractivity contribution in [3.8, 4) is 0 Å². The van der Waals surface area contributed by atoms with Crippen LogP contribution in [0.4, 0.5) is 5.69 Å². The summed E-state index contributed by atoms with van der Waals surface area (Å²) < 4.78 is 33.0. The van der Waals surface area contributed by atoms with E-state index >= 15 is 0 Å². The van der Waals surface area contributed by atoms with Gasteiger partial charge in [0.05, 0.1) is 11.3 Å². The van der Waals surface area contributed by atoms with Crippen LogP contribution in [0.1, 0.15) is 23.2 Å². The van der Waals surface area contributed by atoms with Gasteiger partial charge in [0.1, 0.15) is 9.92 Å².